The van der Waals surface area contributed by atoms with Gasteiger partial charge in [0, 0.05) is 24.5 Å². The normalized spacial score (nSPS) is 10.6. The van der Waals surface area contributed by atoms with Crippen LogP contribution in [0.2, 0.25) is 0 Å². The zero-order valence-corrected chi connectivity index (χ0v) is 12.5. The lowest BCUT2D eigenvalue weighted by molar-refractivity contribution is -0.143. The number of carbonyl (C=O) groups is 2. The Balaban J connectivity index is 2.11. The highest BCUT2D eigenvalue weighted by Gasteiger charge is 2.21. The van der Waals surface area contributed by atoms with Crippen molar-refractivity contribution in [2.45, 2.75) is 20.3 Å². The number of carbonyl (C=O) groups excluding carboxylic acids is 2. The van der Waals surface area contributed by atoms with Crippen molar-refractivity contribution in [1.82, 2.24) is 4.90 Å². The molecular weight excluding hydrogens is 270 g/mol. The highest BCUT2D eigenvalue weighted by atomic mass is 16.5. The van der Waals surface area contributed by atoms with Gasteiger partial charge >= 0.3 is 5.97 Å². The summed E-state index contributed by atoms with van der Waals surface area (Å²) in [7, 11) is 1.65. The first kappa shape index (κ1) is 15.1. The maximum Gasteiger partial charge on any atom is 0.307 e. The molecule has 2 rings (SSSR count). The second kappa shape index (κ2) is 6.43. The molecule has 112 valence electrons. The van der Waals surface area contributed by atoms with E-state index in [0.717, 1.165) is 10.9 Å². The molecule has 1 aromatic heterocycles. The molecule has 0 radical (unpaired) electrons. The predicted molar refractivity (Wildman–Crippen MR) is 79.2 cm³/mol. The van der Waals surface area contributed by atoms with Gasteiger partial charge in [0.25, 0.3) is 5.91 Å². The minimum atomic E-state index is -0.307. The van der Waals surface area contributed by atoms with Crippen molar-refractivity contribution in [2.75, 3.05) is 20.2 Å². The van der Waals surface area contributed by atoms with Crippen molar-refractivity contribution in [3.05, 3.63) is 35.6 Å². The summed E-state index contributed by atoms with van der Waals surface area (Å²) in [5, 5.41) is 0.930. The predicted octanol–water partition coefficient (Wildman–Crippen LogP) is 2.77. The maximum absolute atomic E-state index is 12.4. The zero-order valence-electron chi connectivity index (χ0n) is 12.5. The van der Waals surface area contributed by atoms with Crippen LogP contribution in [-0.2, 0) is 9.53 Å². The van der Waals surface area contributed by atoms with Crippen LogP contribution in [0.4, 0.5) is 0 Å². The van der Waals surface area contributed by atoms with E-state index < -0.39 is 0 Å². The molecule has 0 atom stereocenters. The molecule has 1 amide bonds. The van der Waals surface area contributed by atoms with E-state index >= 15 is 0 Å². The minimum absolute atomic E-state index is 0.176. The van der Waals surface area contributed by atoms with Crippen molar-refractivity contribution in [1.29, 1.82) is 0 Å². The molecule has 5 heteroatoms. The van der Waals surface area contributed by atoms with Crippen LogP contribution in [0.25, 0.3) is 11.0 Å². The molecule has 1 aromatic carbocycles. The third kappa shape index (κ3) is 3.24. The standard InChI is InChI=1S/C16H19NO4/c1-4-20-14(18)9-10-17(3)16(19)15-11(2)12-7-5-6-8-13(12)21-15/h5-8H,4,9-10H2,1-3H3. The third-order valence-corrected chi connectivity index (χ3v) is 3.34. The van der Waals surface area contributed by atoms with Crippen molar-refractivity contribution < 1.29 is 18.7 Å². The van der Waals surface area contributed by atoms with Gasteiger partial charge in [-0.3, -0.25) is 9.59 Å². The Morgan fingerprint density at radius 2 is 2.00 bits per heavy atom. The van der Waals surface area contributed by atoms with Gasteiger partial charge in [-0.25, -0.2) is 0 Å². The minimum Gasteiger partial charge on any atom is -0.466 e. The van der Waals surface area contributed by atoms with E-state index in [1.807, 2.05) is 31.2 Å². The number of hydrogen-bond donors (Lipinski definition) is 0. The molecule has 0 aliphatic heterocycles. The van der Waals surface area contributed by atoms with E-state index in [2.05, 4.69) is 0 Å². The highest BCUT2D eigenvalue weighted by Crippen LogP contribution is 2.25. The molecule has 0 N–H and O–H groups in total. The number of aryl methyl sites for hydroxylation is 1. The average molecular weight is 289 g/mol. The van der Waals surface area contributed by atoms with Gasteiger partial charge in [0.2, 0.25) is 0 Å². The first-order valence-corrected chi connectivity index (χ1v) is 6.93. The van der Waals surface area contributed by atoms with E-state index in [-0.39, 0.29) is 18.3 Å². The first-order valence-electron chi connectivity index (χ1n) is 6.93. The van der Waals surface area contributed by atoms with Crippen LogP contribution in [0.5, 0.6) is 0 Å². The number of benzene rings is 1. The van der Waals surface area contributed by atoms with Gasteiger partial charge in [0.05, 0.1) is 13.0 Å². The molecule has 0 aliphatic rings. The molecule has 0 unspecified atom stereocenters. The van der Waals surface area contributed by atoms with Crippen LogP contribution in [0.15, 0.2) is 28.7 Å². The van der Waals surface area contributed by atoms with Crippen LogP contribution < -0.4 is 0 Å². The second-order valence-electron chi connectivity index (χ2n) is 4.83. The van der Waals surface area contributed by atoms with Crippen molar-refractivity contribution >= 4 is 22.8 Å². The third-order valence-electron chi connectivity index (χ3n) is 3.34. The van der Waals surface area contributed by atoms with Crippen molar-refractivity contribution in [3.8, 4) is 0 Å². The van der Waals surface area contributed by atoms with Crippen LogP contribution >= 0.6 is 0 Å². The molecule has 0 saturated heterocycles. The van der Waals surface area contributed by atoms with E-state index in [0.29, 0.717) is 24.5 Å². The summed E-state index contributed by atoms with van der Waals surface area (Å²) >= 11 is 0. The summed E-state index contributed by atoms with van der Waals surface area (Å²) < 4.78 is 10.5. The molecule has 0 fully saturated rings. The largest absolute Gasteiger partial charge is 0.466 e. The molecule has 0 aliphatic carbocycles. The molecule has 0 saturated carbocycles. The summed E-state index contributed by atoms with van der Waals surface area (Å²) in [4.78, 5) is 25.2. The van der Waals surface area contributed by atoms with Crippen molar-refractivity contribution in [2.24, 2.45) is 0 Å². The van der Waals surface area contributed by atoms with E-state index in [9.17, 15) is 9.59 Å². The van der Waals surface area contributed by atoms with Gasteiger partial charge in [0.1, 0.15) is 5.58 Å². The molecule has 0 spiro atoms. The van der Waals surface area contributed by atoms with Crippen LogP contribution in [0.3, 0.4) is 0 Å². The SMILES string of the molecule is CCOC(=O)CCN(C)C(=O)c1oc2ccccc2c1C. The summed E-state index contributed by atoms with van der Waals surface area (Å²) in [5.41, 5.74) is 1.51. The highest BCUT2D eigenvalue weighted by molar-refractivity contribution is 5.98. The number of furan rings is 1. The van der Waals surface area contributed by atoms with Gasteiger partial charge in [-0.15, -0.1) is 0 Å². The first-order chi connectivity index (χ1) is 10.0. The zero-order chi connectivity index (χ0) is 15.4. The molecule has 2 aromatic rings. The number of rotatable bonds is 5. The number of amides is 1. The maximum atomic E-state index is 12.4. The topological polar surface area (TPSA) is 59.8 Å². The number of hydrogen-bond acceptors (Lipinski definition) is 4. The molecule has 21 heavy (non-hydrogen) atoms. The monoisotopic (exact) mass is 289 g/mol. The van der Waals surface area contributed by atoms with Gasteiger partial charge in [-0.05, 0) is 19.9 Å². The van der Waals surface area contributed by atoms with Gasteiger partial charge in [-0.1, -0.05) is 18.2 Å². The summed E-state index contributed by atoms with van der Waals surface area (Å²) in [6, 6.07) is 7.52. The Hall–Kier alpha value is -2.30. The Bertz CT molecular complexity index is 659. The number of esters is 1. The Morgan fingerprint density at radius 3 is 2.67 bits per heavy atom. The fourth-order valence-electron chi connectivity index (χ4n) is 2.15. The van der Waals surface area contributed by atoms with E-state index in [1.54, 1.807) is 14.0 Å². The van der Waals surface area contributed by atoms with Crippen LogP contribution in [0, 0.1) is 6.92 Å². The van der Waals surface area contributed by atoms with E-state index in [4.69, 9.17) is 9.15 Å². The number of para-hydroxylation sites is 1. The smallest absolute Gasteiger partial charge is 0.307 e. The number of ether oxygens (including phenoxy) is 1. The number of fused-ring (bicyclic) bond motifs is 1. The van der Waals surface area contributed by atoms with Gasteiger partial charge in [-0.2, -0.15) is 0 Å². The fraction of sp³-hybridized carbons (Fsp3) is 0.375. The second-order valence-corrected chi connectivity index (χ2v) is 4.83. The number of nitrogens with zero attached hydrogens (tertiary/aromatic N) is 1. The quantitative estimate of drug-likeness (QED) is 0.794. The summed E-state index contributed by atoms with van der Waals surface area (Å²) in [6.45, 7) is 4.26. The lowest BCUT2D eigenvalue weighted by Gasteiger charge is -2.15. The molecule has 1 heterocycles. The van der Waals surface area contributed by atoms with Gasteiger partial charge in [0.15, 0.2) is 5.76 Å². The van der Waals surface area contributed by atoms with Gasteiger partial charge < -0.3 is 14.1 Å². The molecular formula is C16H19NO4. The van der Waals surface area contributed by atoms with Crippen LogP contribution in [0.1, 0.15) is 29.5 Å². The van der Waals surface area contributed by atoms with E-state index in [1.165, 1.54) is 4.90 Å². The van der Waals surface area contributed by atoms with Crippen molar-refractivity contribution in [3.63, 3.8) is 0 Å². The summed E-state index contributed by atoms with van der Waals surface area (Å²) in [5.74, 6) is -0.214. The summed E-state index contributed by atoms with van der Waals surface area (Å²) in [6.07, 6.45) is 0.176. The average Bonchev–Trinajstić information content (AvgIpc) is 2.82. The Morgan fingerprint density at radius 1 is 1.29 bits per heavy atom. The lowest BCUT2D eigenvalue weighted by Crippen LogP contribution is -2.29. The fourth-order valence-corrected chi connectivity index (χ4v) is 2.15. The Labute approximate surface area is 123 Å². The lowest BCUT2D eigenvalue weighted by atomic mass is 10.1. The molecule has 0 bridgehead atoms. The van der Waals surface area contributed by atoms with Crippen LogP contribution in [-0.4, -0.2) is 37.0 Å². The molecule has 5 nitrogen and oxygen atoms in total. The Kier molecular flexibility index (Phi) is 4.62.